The topological polar surface area (TPSA) is 92.0 Å². The van der Waals surface area contributed by atoms with E-state index >= 15 is 4.39 Å². The molecule has 36 heavy (non-hydrogen) atoms. The number of ether oxygens (including phenoxy) is 3. The number of fused-ring (bicyclic) bond motifs is 1. The van der Waals surface area contributed by atoms with Gasteiger partial charge >= 0.3 is 11.9 Å². The molecule has 1 fully saturated rings. The van der Waals surface area contributed by atoms with Crippen LogP contribution in [0.15, 0.2) is 79.1 Å². The molecule has 1 aliphatic heterocycles. The molecule has 0 amide bonds. The van der Waals surface area contributed by atoms with Crippen molar-refractivity contribution in [1.82, 2.24) is 14.6 Å². The number of carbonyl (C=O) groups excluding carboxylic acids is 2. The molecule has 8 nitrogen and oxygen atoms in total. The molecule has 0 saturated carbocycles. The Morgan fingerprint density at radius 1 is 1.00 bits per heavy atom. The van der Waals surface area contributed by atoms with Crippen LogP contribution in [-0.2, 0) is 14.2 Å². The summed E-state index contributed by atoms with van der Waals surface area (Å²) >= 11 is 0. The van der Waals surface area contributed by atoms with Gasteiger partial charge in [-0.25, -0.2) is 23.5 Å². The Balaban J connectivity index is 1.45. The molecule has 0 spiro atoms. The van der Waals surface area contributed by atoms with Gasteiger partial charge in [-0.1, -0.05) is 36.4 Å². The number of esters is 2. The summed E-state index contributed by atoms with van der Waals surface area (Å²) in [7, 11) is 0. The van der Waals surface area contributed by atoms with E-state index < -0.39 is 35.9 Å². The molecule has 3 heterocycles. The molecular formula is C27H24FN3O5. The minimum atomic E-state index is -2.17. The number of benzene rings is 2. The SMILES string of the molecule is Cc1ncnn2c([C@@H]3O[C@H](COC(=O)c4ccccc4)[C@@H](OC(=O)c4ccccc4)[C@@]3(C)F)ccc12. The lowest BCUT2D eigenvalue weighted by atomic mass is 9.92. The van der Waals surface area contributed by atoms with E-state index in [0.717, 1.165) is 5.69 Å². The van der Waals surface area contributed by atoms with E-state index in [-0.39, 0.29) is 12.2 Å². The van der Waals surface area contributed by atoms with Gasteiger partial charge in [-0.2, -0.15) is 5.10 Å². The van der Waals surface area contributed by atoms with Crippen LogP contribution < -0.4 is 0 Å². The largest absolute Gasteiger partial charge is 0.459 e. The first kappa shape index (κ1) is 23.6. The van der Waals surface area contributed by atoms with Crippen LogP contribution in [0.4, 0.5) is 4.39 Å². The van der Waals surface area contributed by atoms with Crippen LogP contribution in [-0.4, -0.2) is 51.0 Å². The second-order valence-electron chi connectivity index (χ2n) is 8.76. The Morgan fingerprint density at radius 3 is 2.31 bits per heavy atom. The Bertz CT molecular complexity index is 1390. The van der Waals surface area contributed by atoms with Crippen molar-refractivity contribution in [2.24, 2.45) is 0 Å². The Hall–Kier alpha value is -4.11. The number of hydrogen-bond acceptors (Lipinski definition) is 7. The lowest BCUT2D eigenvalue weighted by Gasteiger charge is -2.27. The molecule has 4 aromatic rings. The zero-order chi connectivity index (χ0) is 25.3. The van der Waals surface area contributed by atoms with Gasteiger partial charge in [0.2, 0.25) is 0 Å². The predicted molar refractivity (Wildman–Crippen MR) is 127 cm³/mol. The molecule has 0 N–H and O–H groups in total. The van der Waals surface area contributed by atoms with Crippen LogP contribution in [0.3, 0.4) is 0 Å². The number of rotatable bonds is 6. The van der Waals surface area contributed by atoms with Crippen LogP contribution in [0, 0.1) is 6.92 Å². The minimum Gasteiger partial charge on any atom is -0.459 e. The highest BCUT2D eigenvalue weighted by molar-refractivity contribution is 5.90. The monoisotopic (exact) mass is 489 g/mol. The van der Waals surface area contributed by atoms with Gasteiger partial charge in [-0.3, -0.25) is 0 Å². The van der Waals surface area contributed by atoms with Gasteiger partial charge in [0.05, 0.1) is 28.0 Å². The van der Waals surface area contributed by atoms with E-state index in [0.29, 0.717) is 16.8 Å². The number of hydrogen-bond donors (Lipinski definition) is 0. The summed E-state index contributed by atoms with van der Waals surface area (Å²) < 4.78 is 35.3. The second kappa shape index (κ2) is 9.50. The Labute approximate surface area is 206 Å². The fraction of sp³-hybridized carbons (Fsp3) is 0.259. The normalized spacial score (nSPS) is 23.5. The van der Waals surface area contributed by atoms with Crippen molar-refractivity contribution in [3.05, 3.63) is 102 Å². The van der Waals surface area contributed by atoms with Crippen molar-refractivity contribution in [3.63, 3.8) is 0 Å². The molecule has 0 aliphatic carbocycles. The molecule has 184 valence electrons. The maximum atomic E-state index is 16.5. The van der Waals surface area contributed by atoms with Crippen molar-refractivity contribution < 1.29 is 28.2 Å². The van der Waals surface area contributed by atoms with Gasteiger partial charge in [0.1, 0.15) is 25.1 Å². The van der Waals surface area contributed by atoms with Crippen LogP contribution in [0.2, 0.25) is 0 Å². The number of aromatic nitrogens is 3. The van der Waals surface area contributed by atoms with E-state index in [9.17, 15) is 9.59 Å². The zero-order valence-electron chi connectivity index (χ0n) is 19.7. The zero-order valence-corrected chi connectivity index (χ0v) is 19.7. The lowest BCUT2D eigenvalue weighted by molar-refractivity contribution is -0.0449. The maximum Gasteiger partial charge on any atom is 0.338 e. The van der Waals surface area contributed by atoms with Crippen molar-refractivity contribution in [2.45, 2.75) is 37.8 Å². The number of alkyl halides is 1. The number of carbonyl (C=O) groups is 2. The highest BCUT2D eigenvalue weighted by Gasteiger charge is 2.58. The van der Waals surface area contributed by atoms with Crippen molar-refractivity contribution in [1.29, 1.82) is 0 Å². The molecule has 2 aromatic heterocycles. The van der Waals surface area contributed by atoms with Gasteiger partial charge in [-0.15, -0.1) is 0 Å². The first-order valence-electron chi connectivity index (χ1n) is 11.5. The quantitative estimate of drug-likeness (QED) is 0.373. The summed E-state index contributed by atoms with van der Waals surface area (Å²) in [5.74, 6) is -1.29. The van der Waals surface area contributed by atoms with Crippen LogP contribution >= 0.6 is 0 Å². The van der Waals surface area contributed by atoms with Gasteiger partial charge < -0.3 is 14.2 Å². The van der Waals surface area contributed by atoms with E-state index in [2.05, 4.69) is 10.1 Å². The standard InChI is InChI=1S/C27H24FN3O5/c1-17-20-13-14-21(31(20)30-16-29-17)23-27(2,28)24(36-26(33)19-11-7-4-8-12-19)22(35-23)15-34-25(32)18-9-5-3-6-10-18/h3-14,16,22-24H,15H2,1-2H3/t22-,23+,24-,27+/m1/s1. The van der Waals surface area contributed by atoms with Crippen LogP contribution in [0.5, 0.6) is 0 Å². The molecule has 0 unspecified atom stereocenters. The highest BCUT2D eigenvalue weighted by atomic mass is 19.1. The van der Waals surface area contributed by atoms with Crippen LogP contribution in [0.1, 0.15) is 45.1 Å². The van der Waals surface area contributed by atoms with Gasteiger partial charge in [0, 0.05) is 0 Å². The molecule has 0 radical (unpaired) electrons. The van der Waals surface area contributed by atoms with Gasteiger partial charge in [0.25, 0.3) is 0 Å². The number of halogens is 1. The van der Waals surface area contributed by atoms with Gasteiger partial charge in [-0.05, 0) is 50.2 Å². The van der Waals surface area contributed by atoms with Crippen LogP contribution in [0.25, 0.3) is 5.52 Å². The number of nitrogens with zero attached hydrogens (tertiary/aromatic N) is 3. The molecule has 0 bridgehead atoms. The molecule has 9 heteroatoms. The van der Waals surface area contributed by atoms with E-state index in [1.165, 1.54) is 13.3 Å². The predicted octanol–water partition coefficient (Wildman–Crippen LogP) is 4.29. The van der Waals surface area contributed by atoms with Crippen molar-refractivity contribution >= 4 is 17.5 Å². The van der Waals surface area contributed by atoms with E-state index in [4.69, 9.17) is 14.2 Å². The fourth-order valence-electron chi connectivity index (χ4n) is 4.42. The third kappa shape index (κ3) is 4.33. The minimum absolute atomic E-state index is 0.272. The summed E-state index contributed by atoms with van der Waals surface area (Å²) in [6.45, 7) is 2.82. The average Bonchev–Trinajstić information content (AvgIpc) is 3.42. The first-order chi connectivity index (χ1) is 17.4. The first-order valence-corrected chi connectivity index (χ1v) is 11.5. The molecular weight excluding hydrogens is 465 g/mol. The van der Waals surface area contributed by atoms with Crippen molar-refractivity contribution in [3.8, 4) is 0 Å². The molecule has 4 atom stereocenters. The third-order valence-electron chi connectivity index (χ3n) is 6.29. The summed E-state index contributed by atoms with van der Waals surface area (Å²) in [6.07, 6.45) is -2.18. The lowest BCUT2D eigenvalue weighted by Crippen LogP contribution is -2.43. The fourth-order valence-corrected chi connectivity index (χ4v) is 4.42. The molecule has 1 aliphatic rings. The molecule has 1 saturated heterocycles. The van der Waals surface area contributed by atoms with Crippen molar-refractivity contribution in [2.75, 3.05) is 6.61 Å². The Morgan fingerprint density at radius 2 is 1.64 bits per heavy atom. The van der Waals surface area contributed by atoms with E-state index in [1.54, 1.807) is 77.3 Å². The Kier molecular flexibility index (Phi) is 6.24. The van der Waals surface area contributed by atoms with Gasteiger partial charge in [0.15, 0.2) is 11.8 Å². The summed E-state index contributed by atoms with van der Waals surface area (Å²) in [5.41, 5.74) is 0.296. The summed E-state index contributed by atoms with van der Waals surface area (Å²) in [5, 5.41) is 4.25. The average molecular weight is 490 g/mol. The third-order valence-corrected chi connectivity index (χ3v) is 6.29. The summed E-state index contributed by atoms with van der Waals surface area (Å²) in [4.78, 5) is 29.6. The van der Waals surface area contributed by atoms with E-state index in [1.807, 2.05) is 6.92 Å². The maximum absolute atomic E-state index is 16.5. The molecule has 5 rings (SSSR count). The number of aryl methyl sites for hydroxylation is 1. The highest BCUT2D eigenvalue weighted by Crippen LogP contribution is 2.46. The molecule has 2 aromatic carbocycles. The summed E-state index contributed by atoms with van der Waals surface area (Å²) in [6, 6.07) is 20.2. The smallest absolute Gasteiger partial charge is 0.338 e. The second-order valence-corrected chi connectivity index (χ2v) is 8.76.